The first-order chi connectivity index (χ1) is 10.6. The van der Waals surface area contributed by atoms with Gasteiger partial charge in [0.25, 0.3) is 0 Å². The number of aryl methyl sites for hydroxylation is 1. The van der Waals surface area contributed by atoms with Crippen molar-refractivity contribution in [2.24, 2.45) is 5.84 Å². The fourth-order valence-corrected chi connectivity index (χ4v) is 2.48. The van der Waals surface area contributed by atoms with Crippen molar-refractivity contribution in [2.45, 2.75) is 39.0 Å². The Morgan fingerprint density at radius 1 is 1.14 bits per heavy atom. The van der Waals surface area contributed by atoms with Gasteiger partial charge >= 0.3 is 0 Å². The molecule has 0 bridgehead atoms. The first-order valence-corrected chi connectivity index (χ1v) is 7.84. The fraction of sp³-hybridized carbons (Fsp3) is 0.333. The van der Waals surface area contributed by atoms with E-state index in [1.807, 2.05) is 44.2 Å². The zero-order valence-corrected chi connectivity index (χ0v) is 13.8. The molecule has 0 saturated heterocycles. The predicted octanol–water partition coefficient (Wildman–Crippen LogP) is 3.63. The quantitative estimate of drug-likeness (QED) is 0.605. The van der Waals surface area contributed by atoms with Crippen molar-refractivity contribution in [1.82, 2.24) is 5.43 Å². The largest absolute Gasteiger partial charge is 0.372 e. The van der Waals surface area contributed by atoms with Crippen LogP contribution in [0.15, 0.2) is 48.5 Å². The minimum absolute atomic E-state index is 0.00110. The Morgan fingerprint density at radius 3 is 2.50 bits per heavy atom. The second-order valence-corrected chi connectivity index (χ2v) is 5.97. The van der Waals surface area contributed by atoms with Crippen LogP contribution in [0.4, 0.5) is 0 Å². The molecule has 0 fully saturated rings. The van der Waals surface area contributed by atoms with Crippen LogP contribution in [0, 0.1) is 6.92 Å². The Hall–Kier alpha value is -1.39. The standard InChI is InChI=1S/C18H23ClN2O/c1-13-10-16(8-9-17(13)19)11-18(21-20)14(2)22-12-15-6-4-3-5-7-15/h3-10,14,18,21H,11-12,20H2,1-2H3. The lowest BCUT2D eigenvalue weighted by atomic mass is 10.0. The van der Waals surface area contributed by atoms with Crippen molar-refractivity contribution in [2.75, 3.05) is 0 Å². The average Bonchev–Trinajstić information content (AvgIpc) is 2.54. The lowest BCUT2D eigenvalue weighted by molar-refractivity contribution is 0.0270. The van der Waals surface area contributed by atoms with Crippen LogP contribution >= 0.6 is 11.6 Å². The summed E-state index contributed by atoms with van der Waals surface area (Å²) in [6.07, 6.45) is 0.797. The summed E-state index contributed by atoms with van der Waals surface area (Å²) in [7, 11) is 0. The number of nitrogens with two attached hydrogens (primary N) is 1. The maximum atomic E-state index is 6.07. The summed E-state index contributed by atoms with van der Waals surface area (Å²) >= 11 is 6.07. The van der Waals surface area contributed by atoms with E-state index in [-0.39, 0.29) is 12.1 Å². The second-order valence-electron chi connectivity index (χ2n) is 5.56. The van der Waals surface area contributed by atoms with Gasteiger partial charge in [0.15, 0.2) is 0 Å². The SMILES string of the molecule is Cc1cc(CC(NN)C(C)OCc2ccccc2)ccc1Cl. The van der Waals surface area contributed by atoms with E-state index in [4.69, 9.17) is 22.2 Å². The van der Waals surface area contributed by atoms with Gasteiger partial charge in [-0.2, -0.15) is 0 Å². The molecule has 0 aliphatic carbocycles. The Bertz CT molecular complexity index is 589. The molecule has 118 valence electrons. The monoisotopic (exact) mass is 318 g/mol. The van der Waals surface area contributed by atoms with Gasteiger partial charge in [0.2, 0.25) is 0 Å². The molecule has 2 aromatic carbocycles. The molecule has 3 nitrogen and oxygen atoms in total. The van der Waals surface area contributed by atoms with Crippen LogP contribution in [0.5, 0.6) is 0 Å². The van der Waals surface area contributed by atoms with Gasteiger partial charge in [0, 0.05) is 5.02 Å². The van der Waals surface area contributed by atoms with E-state index >= 15 is 0 Å². The zero-order valence-electron chi connectivity index (χ0n) is 13.1. The highest BCUT2D eigenvalue weighted by Crippen LogP contribution is 2.18. The lowest BCUT2D eigenvalue weighted by Gasteiger charge is -2.24. The highest BCUT2D eigenvalue weighted by atomic mass is 35.5. The van der Waals surface area contributed by atoms with Crippen molar-refractivity contribution >= 4 is 11.6 Å². The molecule has 0 aliphatic heterocycles. The van der Waals surface area contributed by atoms with Gasteiger partial charge in [-0.3, -0.25) is 11.3 Å². The first-order valence-electron chi connectivity index (χ1n) is 7.47. The molecule has 2 unspecified atom stereocenters. The minimum Gasteiger partial charge on any atom is -0.372 e. The van der Waals surface area contributed by atoms with Gasteiger partial charge in [0.05, 0.1) is 18.8 Å². The van der Waals surface area contributed by atoms with Crippen LogP contribution < -0.4 is 11.3 Å². The lowest BCUT2D eigenvalue weighted by Crippen LogP contribution is -2.45. The number of ether oxygens (including phenoxy) is 1. The van der Waals surface area contributed by atoms with E-state index in [1.54, 1.807) is 0 Å². The van der Waals surface area contributed by atoms with Crippen LogP contribution in [0.2, 0.25) is 5.02 Å². The molecular weight excluding hydrogens is 296 g/mol. The third kappa shape index (κ3) is 4.82. The molecule has 0 saturated carbocycles. The van der Waals surface area contributed by atoms with Crippen LogP contribution in [0.1, 0.15) is 23.6 Å². The van der Waals surface area contributed by atoms with E-state index in [2.05, 4.69) is 23.6 Å². The van der Waals surface area contributed by atoms with Gasteiger partial charge in [-0.25, -0.2) is 0 Å². The van der Waals surface area contributed by atoms with E-state index in [9.17, 15) is 0 Å². The summed E-state index contributed by atoms with van der Waals surface area (Å²) in [5, 5.41) is 0.786. The number of benzene rings is 2. The summed E-state index contributed by atoms with van der Waals surface area (Å²) in [4.78, 5) is 0. The van der Waals surface area contributed by atoms with E-state index < -0.39 is 0 Å². The number of hydrogen-bond donors (Lipinski definition) is 2. The molecule has 2 atom stereocenters. The molecule has 0 heterocycles. The average molecular weight is 319 g/mol. The van der Waals surface area contributed by atoms with Gasteiger partial charge in [-0.15, -0.1) is 0 Å². The van der Waals surface area contributed by atoms with Crippen molar-refractivity contribution in [3.05, 3.63) is 70.2 Å². The van der Waals surface area contributed by atoms with Crippen molar-refractivity contribution in [3.8, 4) is 0 Å². The number of halogens is 1. The van der Waals surface area contributed by atoms with Crippen LogP contribution in [0.3, 0.4) is 0 Å². The number of rotatable bonds is 7. The van der Waals surface area contributed by atoms with E-state index in [0.717, 1.165) is 22.6 Å². The normalized spacial score (nSPS) is 13.8. The van der Waals surface area contributed by atoms with E-state index in [0.29, 0.717) is 6.61 Å². The second kappa shape index (κ2) is 8.30. The molecule has 4 heteroatoms. The summed E-state index contributed by atoms with van der Waals surface area (Å²) in [5.74, 6) is 5.70. The van der Waals surface area contributed by atoms with E-state index in [1.165, 1.54) is 5.56 Å². The van der Waals surface area contributed by atoms with Crippen LogP contribution in [-0.4, -0.2) is 12.1 Å². The topological polar surface area (TPSA) is 47.3 Å². The van der Waals surface area contributed by atoms with Crippen molar-refractivity contribution in [1.29, 1.82) is 0 Å². The predicted molar refractivity (Wildman–Crippen MR) is 91.7 cm³/mol. The highest BCUT2D eigenvalue weighted by Gasteiger charge is 2.17. The summed E-state index contributed by atoms with van der Waals surface area (Å²) in [5.41, 5.74) is 6.29. The van der Waals surface area contributed by atoms with Crippen molar-refractivity contribution < 1.29 is 4.74 Å². The first kappa shape index (κ1) is 17.0. The number of nitrogens with one attached hydrogen (secondary N) is 1. The summed E-state index contributed by atoms with van der Waals surface area (Å²) in [6.45, 7) is 4.63. The summed E-state index contributed by atoms with van der Waals surface area (Å²) in [6, 6.07) is 16.2. The smallest absolute Gasteiger partial charge is 0.0721 e. The third-order valence-corrected chi connectivity index (χ3v) is 4.24. The molecule has 0 spiro atoms. The molecular formula is C18H23ClN2O. The van der Waals surface area contributed by atoms with Gasteiger partial charge in [-0.05, 0) is 43.0 Å². The Kier molecular flexibility index (Phi) is 6.40. The number of hydrazine groups is 1. The highest BCUT2D eigenvalue weighted by molar-refractivity contribution is 6.31. The minimum atomic E-state index is 0.00110. The van der Waals surface area contributed by atoms with Gasteiger partial charge in [0.1, 0.15) is 0 Å². The number of hydrogen-bond acceptors (Lipinski definition) is 3. The maximum Gasteiger partial charge on any atom is 0.0721 e. The molecule has 0 amide bonds. The molecule has 0 aromatic heterocycles. The summed E-state index contributed by atoms with van der Waals surface area (Å²) < 4.78 is 5.94. The molecule has 2 rings (SSSR count). The molecule has 3 N–H and O–H groups in total. The molecule has 2 aromatic rings. The molecule has 0 radical (unpaired) electrons. The van der Waals surface area contributed by atoms with Gasteiger partial charge < -0.3 is 4.74 Å². The maximum absolute atomic E-state index is 6.07. The zero-order chi connectivity index (χ0) is 15.9. The molecule has 0 aliphatic rings. The molecule has 22 heavy (non-hydrogen) atoms. The van der Waals surface area contributed by atoms with Gasteiger partial charge in [-0.1, -0.05) is 54.1 Å². The van der Waals surface area contributed by atoms with Crippen LogP contribution in [-0.2, 0) is 17.8 Å². The van der Waals surface area contributed by atoms with Crippen molar-refractivity contribution in [3.63, 3.8) is 0 Å². The Morgan fingerprint density at radius 2 is 1.86 bits per heavy atom. The third-order valence-electron chi connectivity index (χ3n) is 3.81. The fourth-order valence-electron chi connectivity index (χ4n) is 2.37. The Labute approximate surface area is 137 Å². The Balaban J connectivity index is 1.93. The van der Waals surface area contributed by atoms with Crippen LogP contribution in [0.25, 0.3) is 0 Å².